The van der Waals surface area contributed by atoms with E-state index in [1.807, 2.05) is 34.6 Å². The third kappa shape index (κ3) is 73.4. The van der Waals surface area contributed by atoms with E-state index in [2.05, 4.69) is 12.6 Å². The van der Waals surface area contributed by atoms with Crippen LogP contribution in [0.2, 0.25) is 0 Å². The molecule has 1 amide bonds. The minimum Gasteiger partial charge on any atom is -0.748 e. The van der Waals surface area contributed by atoms with Crippen molar-refractivity contribution in [1.82, 2.24) is 4.90 Å². The Morgan fingerprint density at radius 1 is 0.565 bits per heavy atom. The number of benzene rings is 1. The first-order valence-corrected chi connectivity index (χ1v) is 27.2. The second-order valence-corrected chi connectivity index (χ2v) is 20.3. The molecule has 0 radical (unpaired) electrons. The molecule has 0 aromatic heterocycles. The first kappa shape index (κ1) is 115. The molecule has 36 heteroatoms. The van der Waals surface area contributed by atoms with E-state index in [9.17, 15) is 119 Å². The zero-order valence-corrected chi connectivity index (χ0v) is 46.4. The Labute approximate surface area is 502 Å². The standard InChI is InChI=1S/C10H18O2.C7H8O3S.C5H11NOS.2C5H10O2.C4HF7O2.C3H4F2O2.C2H4F2O3S.CH4O3S.7CH4/c11-10(12)8-4-7-9-5-2-1-3-6-9;1-6-2-4-7(5-3-6)11(8,9)10;1-3-6(4-2)5(7)8;2*1-2-3-4-5(6)7;5-2(6,1(12)13)3(7,8)4(9,10)11;1-3(4,5)2(6)7;1-2(3,4)8(5,6)7;1-5(2,3)4;;;;;;;/h9H,1-8H2,(H,11,12);2-5H,1H3,(H,8,9,10);3-4H2,1-2H3,(H,7,8);2*2-4H2,1H3,(H,6,7);(H,12,13);1H3,(H,6,7);1H3,(H,5,6,7);1H3,(H,2,3,4);7*1H4/p-9. The van der Waals surface area contributed by atoms with Crippen LogP contribution in [0.15, 0.2) is 29.2 Å². The lowest BCUT2D eigenvalue weighted by Gasteiger charge is -2.28. The maximum Gasteiger partial charge on any atom is 0.460 e. The van der Waals surface area contributed by atoms with Gasteiger partial charge in [0, 0.05) is 51.1 Å². The number of carbonyl (C=O) groups excluding carboxylic acids is 6. The molecule has 0 saturated heterocycles. The molecular formula is C49H89F11NO20S4-9. The largest absolute Gasteiger partial charge is 0.748 e. The van der Waals surface area contributed by atoms with Crippen molar-refractivity contribution < 1.29 is 142 Å². The Hall–Kier alpha value is -4.78. The van der Waals surface area contributed by atoms with Crippen molar-refractivity contribution in [2.24, 2.45) is 5.92 Å². The topological polar surface area (TPSA) is 393 Å². The first-order chi connectivity index (χ1) is 34.7. The Kier molecular flexibility index (Phi) is 75.3. The second-order valence-electron chi connectivity index (χ2n) is 15.5. The quantitative estimate of drug-likeness (QED) is 0.0864. The lowest BCUT2D eigenvalue weighted by molar-refractivity contribution is -0.387. The highest BCUT2D eigenvalue weighted by Crippen LogP contribution is 2.46. The molecule has 1 aliphatic carbocycles. The van der Waals surface area contributed by atoms with Crippen LogP contribution in [-0.4, -0.2) is 127 Å². The molecule has 0 heterocycles. The van der Waals surface area contributed by atoms with Gasteiger partial charge >= 0.3 is 23.3 Å². The van der Waals surface area contributed by atoms with Crippen LogP contribution in [0, 0.1) is 12.8 Å². The summed E-state index contributed by atoms with van der Waals surface area (Å²) in [6.45, 7) is 11.3. The van der Waals surface area contributed by atoms with Crippen molar-refractivity contribution in [2.45, 2.75) is 224 Å². The van der Waals surface area contributed by atoms with E-state index >= 15 is 0 Å². The summed E-state index contributed by atoms with van der Waals surface area (Å²) < 4.78 is 212. The fourth-order valence-electron chi connectivity index (χ4n) is 4.15. The van der Waals surface area contributed by atoms with Gasteiger partial charge < -0.3 is 85.5 Å². The number of carboxylic acids is 5. The normalized spacial score (nSPS) is 11.6. The molecule has 0 atom stereocenters. The number of carboxylic acid groups (broad SMARTS) is 5. The van der Waals surface area contributed by atoms with Crippen LogP contribution in [0.5, 0.6) is 0 Å². The van der Waals surface area contributed by atoms with Gasteiger partial charge in [0.1, 0.15) is 27.3 Å². The molecule has 0 bridgehead atoms. The van der Waals surface area contributed by atoms with Crippen LogP contribution < -0.4 is 25.5 Å². The number of aliphatic carboxylic acids is 5. The van der Waals surface area contributed by atoms with Crippen molar-refractivity contribution in [3.05, 3.63) is 29.8 Å². The van der Waals surface area contributed by atoms with Crippen molar-refractivity contribution >= 4 is 78.1 Å². The summed E-state index contributed by atoms with van der Waals surface area (Å²) in [4.78, 5) is 59.6. The summed E-state index contributed by atoms with van der Waals surface area (Å²) in [5.74, 6) is -24.7. The zero-order chi connectivity index (χ0) is 63.9. The summed E-state index contributed by atoms with van der Waals surface area (Å²) in [7, 11) is -13.6. The van der Waals surface area contributed by atoms with E-state index in [1.54, 1.807) is 17.0 Å². The minimum atomic E-state index is -6.64. The first-order valence-electron chi connectivity index (χ1n) is 22.1. The van der Waals surface area contributed by atoms with Gasteiger partial charge in [0.15, 0.2) is 10.1 Å². The molecule has 85 heavy (non-hydrogen) atoms. The number of nitrogens with zero attached hydrogens (tertiary/aromatic N) is 1. The smallest absolute Gasteiger partial charge is 0.460 e. The number of rotatable bonds is 17. The number of hydrogen-bond donors (Lipinski definition) is 0. The van der Waals surface area contributed by atoms with E-state index in [4.69, 9.17) is 22.9 Å². The molecule has 520 valence electrons. The van der Waals surface area contributed by atoms with E-state index in [1.165, 1.54) is 44.2 Å². The number of unbranched alkanes of at least 4 members (excludes halogenated alkanes) is 2. The van der Waals surface area contributed by atoms with E-state index in [-0.39, 0.29) is 95.2 Å². The fraction of sp³-hybridized carbons (Fsp3) is 0.755. The van der Waals surface area contributed by atoms with Crippen molar-refractivity contribution in [3.63, 3.8) is 0 Å². The van der Waals surface area contributed by atoms with Gasteiger partial charge in [-0.1, -0.05) is 135 Å². The highest BCUT2D eigenvalue weighted by Gasteiger charge is 2.73. The number of carbonyl (C=O) groups is 6. The third-order valence-electron chi connectivity index (χ3n) is 8.32. The average molecular weight is 1350 g/mol. The molecule has 0 aliphatic heterocycles. The molecule has 0 N–H and O–H groups in total. The fourth-order valence-corrected chi connectivity index (χ4v) is 4.87. The SMILES string of the molecule is C.C.C.C.C.C.C.CC(F)(F)C(=O)[O-].CC(F)(F)S(=O)(=O)[O-].CCCCC(=O)[O-].CCCCC(=O)[O-].CCN(CC)C(=O)[S-].CS(=O)(=O)[O-].Cc1ccc(S(=O)(=O)[O-])cc1.O=C([O-])C(F)(F)C(F)(F)C(F)(F)F.O=C([O-])CCCC1CCCCC1. The van der Waals surface area contributed by atoms with E-state index in [0.717, 1.165) is 63.1 Å². The Morgan fingerprint density at radius 3 is 1.00 bits per heavy atom. The molecule has 0 spiro atoms. The predicted molar refractivity (Wildman–Crippen MR) is 289 cm³/mol. The molecule has 1 fully saturated rings. The summed E-state index contributed by atoms with van der Waals surface area (Å²) >= 11 is 4.39. The third-order valence-corrected chi connectivity index (χ3v) is 10.3. The molecule has 1 aromatic carbocycles. The van der Waals surface area contributed by atoms with E-state index in [0.29, 0.717) is 6.26 Å². The maximum absolute atomic E-state index is 11.7. The number of amides is 1. The van der Waals surface area contributed by atoms with Gasteiger partial charge in [0.05, 0.1) is 15.0 Å². The number of halogens is 11. The molecule has 0 unspecified atom stereocenters. The molecule has 1 saturated carbocycles. The van der Waals surface area contributed by atoms with Crippen molar-refractivity contribution in [3.8, 4) is 0 Å². The van der Waals surface area contributed by atoms with Gasteiger partial charge in [-0.15, -0.1) is 0 Å². The summed E-state index contributed by atoms with van der Waals surface area (Å²) in [5.41, 5.74) is 0.928. The summed E-state index contributed by atoms with van der Waals surface area (Å²) in [5, 5.41) is 43.5. The van der Waals surface area contributed by atoms with Crippen molar-refractivity contribution in [2.75, 3.05) is 19.3 Å². The molecule has 1 aliphatic rings. The minimum absolute atomic E-state index is 0. The predicted octanol–water partition coefficient (Wildman–Crippen LogP) is 6.95. The van der Waals surface area contributed by atoms with Crippen molar-refractivity contribution in [1.29, 1.82) is 0 Å². The van der Waals surface area contributed by atoms with Crippen LogP contribution in [0.3, 0.4) is 0 Å². The zero-order valence-electron chi connectivity index (χ0n) is 43.1. The number of hydrogen-bond acceptors (Lipinski definition) is 21. The van der Waals surface area contributed by atoms with Crippen LogP contribution >= 0.6 is 0 Å². The van der Waals surface area contributed by atoms with Gasteiger partial charge in [-0.2, -0.15) is 39.5 Å². The summed E-state index contributed by atoms with van der Waals surface area (Å²) in [6, 6.07) is 5.78. The van der Waals surface area contributed by atoms with Gasteiger partial charge in [0.25, 0.3) is 5.92 Å². The van der Waals surface area contributed by atoms with Gasteiger partial charge in [0.2, 0.25) is 0 Å². The highest BCUT2D eigenvalue weighted by atomic mass is 32.2. The molecule has 1 aromatic rings. The Morgan fingerprint density at radius 2 is 0.847 bits per heavy atom. The monoisotopic (exact) mass is 1350 g/mol. The lowest BCUT2D eigenvalue weighted by atomic mass is 9.86. The van der Waals surface area contributed by atoms with Gasteiger partial charge in [-0.25, -0.2) is 34.0 Å². The lowest BCUT2D eigenvalue weighted by Crippen LogP contribution is -2.60. The van der Waals surface area contributed by atoms with Gasteiger partial charge in [-0.05, 0) is 77.3 Å². The average Bonchev–Trinajstić information content (AvgIpc) is 3.25. The molecular weight excluding hydrogens is 1260 g/mol. The Bertz CT molecular complexity index is 2180. The number of aryl methyl sites for hydroxylation is 1. The van der Waals surface area contributed by atoms with Crippen LogP contribution in [0.4, 0.5) is 53.1 Å². The number of alkyl halides is 11. The molecule has 21 nitrogen and oxygen atoms in total. The maximum atomic E-state index is 11.7. The molecule has 2 rings (SSSR count). The van der Waals surface area contributed by atoms with Crippen LogP contribution in [0.1, 0.15) is 189 Å². The highest BCUT2D eigenvalue weighted by molar-refractivity contribution is 7.86. The second kappa shape index (κ2) is 55.8. The van der Waals surface area contributed by atoms with Crippen LogP contribution in [-0.2, 0) is 67.0 Å². The summed E-state index contributed by atoms with van der Waals surface area (Å²) in [6.07, 6.45) is 6.53. The van der Waals surface area contributed by atoms with Crippen LogP contribution in [0.25, 0.3) is 0 Å². The Balaban J connectivity index is -0.0000000558. The van der Waals surface area contributed by atoms with Gasteiger partial charge in [-0.3, -0.25) is 0 Å². The van der Waals surface area contributed by atoms with E-state index < -0.39 is 89.4 Å².